The Balaban J connectivity index is 0. The lowest BCUT2D eigenvalue weighted by atomic mass is 10.0. The van der Waals surface area contributed by atoms with Gasteiger partial charge in [-0.25, -0.2) is 0 Å². The molecular weight excluding hydrogens is 682 g/mol. The van der Waals surface area contributed by atoms with Gasteiger partial charge in [0.25, 0.3) is 0 Å². The van der Waals surface area contributed by atoms with E-state index < -0.39 is 0 Å². The highest BCUT2D eigenvalue weighted by atomic mass is 79.9. The van der Waals surface area contributed by atoms with E-state index in [9.17, 15) is 0 Å². The van der Waals surface area contributed by atoms with Gasteiger partial charge in [0.15, 0.2) is 0 Å². The Kier molecular flexibility index (Phi) is 24.6. The van der Waals surface area contributed by atoms with Crippen molar-refractivity contribution in [2.45, 2.75) is 83.7 Å². The summed E-state index contributed by atoms with van der Waals surface area (Å²) in [5.74, 6) is 0.889. The van der Waals surface area contributed by atoms with Crippen LogP contribution < -0.4 is 5.32 Å². The summed E-state index contributed by atoms with van der Waals surface area (Å²) in [5, 5.41) is 13.2. The number of hydrogen-bond acceptors (Lipinski definition) is 4. The molecule has 1 fully saturated rings. The second-order valence-corrected chi connectivity index (χ2v) is 11.5. The molecule has 4 nitrogen and oxygen atoms in total. The zero-order chi connectivity index (χ0) is 23.4. The number of nitrogens with zero attached hydrogens (tertiary/aromatic N) is 2. The number of anilines is 1. The first-order chi connectivity index (χ1) is 16.8. The van der Waals surface area contributed by atoms with Gasteiger partial charge in [-0.1, -0.05) is 85.9 Å². The summed E-state index contributed by atoms with van der Waals surface area (Å²) >= 11 is 5.48. The van der Waals surface area contributed by atoms with Crippen LogP contribution in [-0.4, -0.2) is 28.2 Å². The molecule has 0 amide bonds. The molecule has 0 unspecified atom stereocenters. The van der Waals surface area contributed by atoms with E-state index in [-0.39, 0.29) is 62.0 Å². The molecule has 0 spiro atoms. The fourth-order valence-electron chi connectivity index (χ4n) is 4.86. The average Bonchev–Trinajstić information content (AvgIpc) is 3.52. The Hall–Kier alpha value is -0.180. The van der Waals surface area contributed by atoms with Crippen LogP contribution in [0.5, 0.6) is 0 Å². The molecule has 0 radical (unpaired) electrons. The van der Waals surface area contributed by atoms with Crippen molar-refractivity contribution < 1.29 is 0 Å². The van der Waals surface area contributed by atoms with Gasteiger partial charge in [-0.15, -0.1) is 73.4 Å². The highest BCUT2D eigenvalue weighted by Gasteiger charge is 2.10. The fraction of sp³-hybridized carbons (Fsp3) is 0.536. The van der Waals surface area contributed by atoms with E-state index in [1.54, 1.807) is 11.3 Å². The monoisotopic (exact) mass is 722 g/mol. The zero-order valence-corrected chi connectivity index (χ0v) is 28.9. The van der Waals surface area contributed by atoms with Crippen molar-refractivity contribution in [3.05, 3.63) is 57.4 Å². The molecule has 1 aliphatic rings. The molecule has 11 heteroatoms. The summed E-state index contributed by atoms with van der Waals surface area (Å²) in [7, 11) is 0. The Bertz CT molecular complexity index is 976. The van der Waals surface area contributed by atoms with Gasteiger partial charge in [0, 0.05) is 23.6 Å². The van der Waals surface area contributed by atoms with Crippen molar-refractivity contribution >= 4 is 95.1 Å². The lowest BCUT2D eigenvalue weighted by Gasteiger charge is -2.23. The third kappa shape index (κ3) is 15.0. The van der Waals surface area contributed by atoms with Crippen LogP contribution in [0.2, 0.25) is 0 Å². The predicted octanol–water partition coefficient (Wildman–Crippen LogP) is 10.7. The molecule has 0 bridgehead atoms. The van der Waals surface area contributed by atoms with Crippen LogP contribution in [-0.2, 0) is 13.1 Å². The molecule has 39 heavy (non-hydrogen) atoms. The van der Waals surface area contributed by atoms with Gasteiger partial charge in [0.2, 0.25) is 0 Å². The number of nitrogens with one attached hydrogen (secondary N) is 2. The van der Waals surface area contributed by atoms with Gasteiger partial charge in [0.1, 0.15) is 5.82 Å². The van der Waals surface area contributed by atoms with Gasteiger partial charge < -0.3 is 5.32 Å². The van der Waals surface area contributed by atoms with Gasteiger partial charge in [-0.2, -0.15) is 5.10 Å². The summed E-state index contributed by atoms with van der Waals surface area (Å²) in [6.45, 7) is 4.25. The predicted molar refractivity (Wildman–Crippen MR) is 186 cm³/mol. The summed E-state index contributed by atoms with van der Waals surface area (Å²) in [4.78, 5) is 3.90. The molecule has 0 saturated carbocycles. The van der Waals surface area contributed by atoms with E-state index in [2.05, 4.69) is 78.1 Å². The number of aromatic nitrogens is 2. The maximum atomic E-state index is 4.44. The third-order valence-corrected chi connectivity index (χ3v) is 8.07. The first-order valence-electron chi connectivity index (χ1n) is 13.1. The smallest absolute Gasteiger partial charge is 0.148 e. The summed E-state index contributed by atoms with van der Waals surface area (Å²) in [6, 6.07) is 13.1. The number of H-pyrrole nitrogens is 1. The van der Waals surface area contributed by atoms with E-state index in [0.717, 1.165) is 29.1 Å². The first-order valence-corrected chi connectivity index (χ1v) is 14.8. The third-order valence-electron chi connectivity index (χ3n) is 6.71. The van der Waals surface area contributed by atoms with Crippen molar-refractivity contribution in [2.24, 2.45) is 0 Å². The summed E-state index contributed by atoms with van der Waals surface area (Å²) in [5.41, 5.74) is 3.75. The van der Waals surface area contributed by atoms with Crippen LogP contribution in [0.3, 0.4) is 0 Å². The molecule has 3 aromatic rings. The zero-order valence-electron chi connectivity index (χ0n) is 22.4. The van der Waals surface area contributed by atoms with Crippen molar-refractivity contribution in [3.8, 4) is 10.6 Å². The van der Waals surface area contributed by atoms with E-state index in [1.807, 2.05) is 0 Å². The lowest BCUT2D eigenvalue weighted by Crippen LogP contribution is -2.26. The Labute approximate surface area is 278 Å². The first kappa shape index (κ1) is 41.0. The summed E-state index contributed by atoms with van der Waals surface area (Å²) in [6.07, 6.45) is 15.4. The highest BCUT2D eigenvalue weighted by molar-refractivity contribution is 9.10. The maximum absolute atomic E-state index is 4.44. The molecule has 0 aliphatic carbocycles. The lowest BCUT2D eigenvalue weighted by molar-refractivity contribution is 0.251. The van der Waals surface area contributed by atoms with Crippen molar-refractivity contribution in [2.75, 3.05) is 18.4 Å². The standard InChI is InChI=1S/C28H39BrN4S.5ClH/c29-25-18-23(21-30-28-20-26(31-32-28)27-13-12-16-34-27)17-24(19-25)22-33-14-10-8-6-4-2-1-3-5-7-9-11-15-33;;;;;/h12-13,16-20H,1-11,14-15,21-22H2,(H2,30,31,32);5*1H. The minimum Gasteiger partial charge on any atom is -0.365 e. The van der Waals surface area contributed by atoms with E-state index in [0.29, 0.717) is 0 Å². The minimum atomic E-state index is 0. The van der Waals surface area contributed by atoms with E-state index in [1.165, 1.54) is 99.7 Å². The molecule has 224 valence electrons. The number of benzene rings is 1. The summed E-state index contributed by atoms with van der Waals surface area (Å²) < 4.78 is 1.16. The minimum absolute atomic E-state index is 0. The molecule has 1 saturated heterocycles. The van der Waals surface area contributed by atoms with Crippen LogP contribution >= 0.6 is 89.3 Å². The Morgan fingerprint density at radius 1 is 0.769 bits per heavy atom. The molecule has 1 aromatic carbocycles. The van der Waals surface area contributed by atoms with Gasteiger partial charge in [0.05, 0.1) is 10.6 Å². The van der Waals surface area contributed by atoms with Gasteiger partial charge in [-0.05, 0) is 60.6 Å². The highest BCUT2D eigenvalue weighted by Crippen LogP contribution is 2.25. The van der Waals surface area contributed by atoms with Crippen LogP contribution in [0.15, 0.2) is 46.3 Å². The molecule has 0 atom stereocenters. The number of hydrogen-bond donors (Lipinski definition) is 2. The Morgan fingerprint density at radius 3 is 1.90 bits per heavy atom. The molecule has 4 rings (SSSR count). The molecule has 2 aromatic heterocycles. The molecule has 1 aliphatic heterocycles. The SMILES string of the molecule is Brc1cc(CNc2cc(-c3cccs3)[nH]n2)cc(CN2CCCCCCCCCCCCC2)c1.Cl.Cl.Cl.Cl.Cl. The van der Waals surface area contributed by atoms with Crippen LogP contribution in [0.1, 0.15) is 81.8 Å². The molecular formula is C28H44BrCl5N4S. The van der Waals surface area contributed by atoms with Crippen LogP contribution in [0, 0.1) is 0 Å². The normalized spacial score (nSPS) is 15.1. The van der Waals surface area contributed by atoms with Gasteiger partial charge >= 0.3 is 0 Å². The molecule has 3 heterocycles. The van der Waals surface area contributed by atoms with Crippen LogP contribution in [0.25, 0.3) is 10.6 Å². The van der Waals surface area contributed by atoms with Crippen molar-refractivity contribution in [1.29, 1.82) is 0 Å². The van der Waals surface area contributed by atoms with Crippen LogP contribution in [0.4, 0.5) is 5.82 Å². The Morgan fingerprint density at radius 2 is 1.33 bits per heavy atom. The number of halogens is 6. The van der Waals surface area contributed by atoms with Gasteiger partial charge in [-0.3, -0.25) is 10.00 Å². The van der Waals surface area contributed by atoms with Crippen molar-refractivity contribution in [3.63, 3.8) is 0 Å². The maximum Gasteiger partial charge on any atom is 0.148 e. The van der Waals surface area contributed by atoms with E-state index in [4.69, 9.17) is 0 Å². The van der Waals surface area contributed by atoms with Crippen molar-refractivity contribution in [1.82, 2.24) is 15.1 Å². The fourth-order valence-corrected chi connectivity index (χ4v) is 6.14. The second-order valence-electron chi connectivity index (χ2n) is 9.63. The topological polar surface area (TPSA) is 44.0 Å². The second kappa shape index (κ2) is 23.4. The number of rotatable bonds is 6. The largest absolute Gasteiger partial charge is 0.365 e. The molecule has 2 N–H and O–H groups in total. The number of aromatic amines is 1. The quantitative estimate of drug-likeness (QED) is 0.266. The number of thiophene rings is 1. The average molecular weight is 726 g/mol. The van der Waals surface area contributed by atoms with E-state index >= 15 is 0 Å².